The first-order valence-corrected chi connectivity index (χ1v) is 8.14. The molecule has 0 saturated heterocycles. The van der Waals surface area contributed by atoms with Crippen LogP contribution < -0.4 is 10.2 Å². The van der Waals surface area contributed by atoms with Crippen molar-refractivity contribution in [2.75, 3.05) is 30.4 Å². The molecule has 3 amide bonds. The zero-order chi connectivity index (χ0) is 19.5. The number of hydrogen-bond acceptors (Lipinski definition) is 6. The first kappa shape index (κ1) is 19.5. The van der Waals surface area contributed by atoms with Crippen LogP contribution in [0.25, 0.3) is 0 Å². The smallest absolute Gasteiger partial charge is 0.414 e. The van der Waals surface area contributed by atoms with Crippen molar-refractivity contribution in [3.05, 3.63) is 36.0 Å². The maximum atomic E-state index is 12.2. The summed E-state index contributed by atoms with van der Waals surface area (Å²) in [5.41, 5.74) is 0.601. The summed E-state index contributed by atoms with van der Waals surface area (Å²) >= 11 is 0. The van der Waals surface area contributed by atoms with Crippen LogP contribution >= 0.6 is 0 Å². The van der Waals surface area contributed by atoms with Crippen LogP contribution in [0.15, 0.2) is 36.0 Å². The number of hydrogen-bond donors (Lipinski definition) is 2. The molecule has 0 atom stereocenters. The number of nitrogens with one attached hydrogen (secondary N) is 1. The van der Waals surface area contributed by atoms with E-state index in [1.165, 1.54) is 11.0 Å². The molecule has 26 heavy (non-hydrogen) atoms. The third kappa shape index (κ3) is 4.60. The fraction of sp³-hybridized carbons (Fsp3) is 0.389. The van der Waals surface area contributed by atoms with Crippen molar-refractivity contribution in [3.63, 3.8) is 0 Å². The molecule has 2 N–H and O–H groups in total. The second kappa shape index (κ2) is 7.57. The van der Waals surface area contributed by atoms with Gasteiger partial charge in [0.25, 0.3) is 11.8 Å². The van der Waals surface area contributed by atoms with Gasteiger partial charge in [0.2, 0.25) is 0 Å². The number of β-amino-alcohol motifs (C(OH)–C–C–N with tert-alkyl or cyclic N) is 1. The first-order chi connectivity index (χ1) is 12.1. The van der Waals surface area contributed by atoms with Gasteiger partial charge in [-0.3, -0.25) is 19.4 Å². The van der Waals surface area contributed by atoms with Gasteiger partial charge in [-0.05, 0) is 39.0 Å². The van der Waals surface area contributed by atoms with E-state index in [0.29, 0.717) is 11.4 Å². The van der Waals surface area contributed by atoms with Crippen molar-refractivity contribution in [3.8, 4) is 0 Å². The fourth-order valence-corrected chi connectivity index (χ4v) is 2.29. The number of aliphatic hydroxyl groups excluding tert-OH is 1. The van der Waals surface area contributed by atoms with E-state index in [1.807, 2.05) is 0 Å². The van der Waals surface area contributed by atoms with Gasteiger partial charge in [0, 0.05) is 24.5 Å². The van der Waals surface area contributed by atoms with E-state index in [4.69, 9.17) is 9.84 Å². The van der Waals surface area contributed by atoms with E-state index < -0.39 is 23.5 Å². The Balaban J connectivity index is 2.13. The Hall–Kier alpha value is -2.87. The molecule has 0 spiro atoms. The summed E-state index contributed by atoms with van der Waals surface area (Å²) < 4.78 is 5.33. The molecular formula is C18H23N3O5. The molecule has 0 aromatic heterocycles. The molecule has 0 fully saturated rings. The molecule has 8 nitrogen and oxygen atoms in total. The summed E-state index contributed by atoms with van der Waals surface area (Å²) in [5.74, 6) is -0.983. The average molecular weight is 361 g/mol. The number of nitrogens with zero attached hydrogens (tertiary/aromatic N) is 2. The lowest BCUT2D eigenvalue weighted by Crippen LogP contribution is -2.34. The Morgan fingerprint density at radius 2 is 2.00 bits per heavy atom. The third-order valence-electron chi connectivity index (χ3n) is 3.51. The highest BCUT2D eigenvalue weighted by molar-refractivity contribution is 6.17. The van der Waals surface area contributed by atoms with E-state index in [2.05, 4.69) is 5.32 Å². The highest BCUT2D eigenvalue weighted by atomic mass is 16.6. The highest BCUT2D eigenvalue weighted by Crippen LogP contribution is 2.23. The minimum atomic E-state index is -0.612. The van der Waals surface area contributed by atoms with Crippen LogP contribution in [-0.4, -0.2) is 53.7 Å². The van der Waals surface area contributed by atoms with Gasteiger partial charge in [0.05, 0.1) is 13.2 Å². The molecule has 140 valence electrons. The number of anilines is 2. The monoisotopic (exact) mass is 361 g/mol. The molecule has 8 heteroatoms. The lowest BCUT2D eigenvalue weighted by Gasteiger charge is -2.25. The normalized spacial score (nSPS) is 14.3. The molecule has 0 aliphatic carbocycles. The van der Waals surface area contributed by atoms with E-state index in [0.717, 1.165) is 4.90 Å². The van der Waals surface area contributed by atoms with Crippen LogP contribution in [0.3, 0.4) is 0 Å². The molecule has 0 bridgehead atoms. The van der Waals surface area contributed by atoms with Crippen LogP contribution in [0.5, 0.6) is 0 Å². The molecular weight excluding hydrogens is 338 g/mol. The maximum Gasteiger partial charge on any atom is 0.414 e. The van der Waals surface area contributed by atoms with Gasteiger partial charge in [0.15, 0.2) is 0 Å². The standard InChI is InChI=1S/C18H23N3O5/c1-18(2,3)26-17(25)20(4)13-7-5-6-12(10-13)19-14-11-15(23)21(8-9-22)16(14)24/h5-7,10-11,19,22H,8-9H2,1-4H3. The zero-order valence-corrected chi connectivity index (χ0v) is 15.3. The van der Waals surface area contributed by atoms with Crippen molar-refractivity contribution >= 4 is 29.3 Å². The topological polar surface area (TPSA) is 99.2 Å². The molecule has 1 heterocycles. The van der Waals surface area contributed by atoms with E-state index >= 15 is 0 Å². The average Bonchev–Trinajstić information content (AvgIpc) is 2.81. The highest BCUT2D eigenvalue weighted by Gasteiger charge is 2.30. The number of carbonyl (C=O) groups excluding carboxylic acids is 3. The minimum absolute atomic E-state index is 0.0548. The Morgan fingerprint density at radius 1 is 1.31 bits per heavy atom. The molecule has 0 saturated carbocycles. The van der Waals surface area contributed by atoms with Crippen molar-refractivity contribution in [1.82, 2.24) is 4.90 Å². The molecule has 1 aromatic carbocycles. The predicted octanol–water partition coefficient (Wildman–Crippen LogP) is 1.71. The summed E-state index contributed by atoms with van der Waals surface area (Å²) in [4.78, 5) is 38.4. The number of rotatable bonds is 5. The summed E-state index contributed by atoms with van der Waals surface area (Å²) in [7, 11) is 1.58. The number of amides is 3. The molecule has 0 unspecified atom stereocenters. The number of ether oxygens (including phenoxy) is 1. The molecule has 1 aliphatic heterocycles. The van der Waals surface area contributed by atoms with Crippen LogP contribution in [0.1, 0.15) is 20.8 Å². The SMILES string of the molecule is CN(C(=O)OC(C)(C)C)c1cccc(NC2=CC(=O)N(CCO)C2=O)c1. The summed E-state index contributed by atoms with van der Waals surface area (Å²) in [6.45, 7) is 4.99. The molecule has 1 aromatic rings. The summed E-state index contributed by atoms with van der Waals surface area (Å²) in [6.07, 6.45) is 0.678. The second-order valence-electron chi connectivity index (χ2n) is 6.79. The van der Waals surface area contributed by atoms with Crippen LogP contribution in [-0.2, 0) is 14.3 Å². The van der Waals surface area contributed by atoms with Gasteiger partial charge in [-0.1, -0.05) is 6.07 Å². The number of carbonyl (C=O) groups is 3. The largest absolute Gasteiger partial charge is 0.443 e. The van der Waals surface area contributed by atoms with Gasteiger partial charge >= 0.3 is 6.09 Å². The lowest BCUT2D eigenvalue weighted by molar-refractivity contribution is -0.137. The van der Waals surface area contributed by atoms with Crippen molar-refractivity contribution < 1.29 is 24.2 Å². The van der Waals surface area contributed by atoms with Gasteiger partial charge in [-0.2, -0.15) is 0 Å². The van der Waals surface area contributed by atoms with Gasteiger partial charge in [0.1, 0.15) is 11.3 Å². The second-order valence-corrected chi connectivity index (χ2v) is 6.79. The first-order valence-electron chi connectivity index (χ1n) is 8.14. The molecule has 1 aliphatic rings. The fourth-order valence-electron chi connectivity index (χ4n) is 2.29. The quantitative estimate of drug-likeness (QED) is 0.775. The summed E-state index contributed by atoms with van der Waals surface area (Å²) in [5, 5.41) is 11.8. The lowest BCUT2D eigenvalue weighted by atomic mass is 10.2. The minimum Gasteiger partial charge on any atom is -0.443 e. The zero-order valence-electron chi connectivity index (χ0n) is 15.3. The van der Waals surface area contributed by atoms with E-state index in [1.54, 1.807) is 52.1 Å². The van der Waals surface area contributed by atoms with Crippen molar-refractivity contribution in [2.45, 2.75) is 26.4 Å². The van der Waals surface area contributed by atoms with E-state index in [9.17, 15) is 14.4 Å². The van der Waals surface area contributed by atoms with E-state index in [-0.39, 0.29) is 18.8 Å². The number of benzene rings is 1. The van der Waals surface area contributed by atoms with Crippen LogP contribution in [0.2, 0.25) is 0 Å². The number of imide groups is 1. The summed E-state index contributed by atoms with van der Waals surface area (Å²) in [6, 6.07) is 6.81. The molecule has 2 rings (SSSR count). The van der Waals surface area contributed by atoms with Crippen LogP contribution in [0, 0.1) is 0 Å². The van der Waals surface area contributed by atoms with Crippen molar-refractivity contribution in [1.29, 1.82) is 0 Å². The van der Waals surface area contributed by atoms with Gasteiger partial charge < -0.3 is 15.2 Å². The van der Waals surface area contributed by atoms with Crippen molar-refractivity contribution in [2.24, 2.45) is 0 Å². The molecule has 0 radical (unpaired) electrons. The van der Waals surface area contributed by atoms with Gasteiger partial charge in [-0.15, -0.1) is 0 Å². The predicted molar refractivity (Wildman–Crippen MR) is 96.6 cm³/mol. The Morgan fingerprint density at radius 3 is 2.62 bits per heavy atom. The Kier molecular flexibility index (Phi) is 5.66. The number of aliphatic hydroxyl groups is 1. The third-order valence-corrected chi connectivity index (χ3v) is 3.51. The maximum absolute atomic E-state index is 12.2. The van der Waals surface area contributed by atoms with Gasteiger partial charge in [-0.25, -0.2) is 4.79 Å². The Bertz CT molecular complexity index is 751. The van der Waals surface area contributed by atoms with Crippen LogP contribution in [0.4, 0.5) is 16.2 Å². The Labute approximate surface area is 152 Å².